The predicted octanol–water partition coefficient (Wildman–Crippen LogP) is 3.90. The number of carboxylic acid groups (broad SMARTS) is 1. The van der Waals surface area contributed by atoms with Crippen molar-refractivity contribution in [3.8, 4) is 17.2 Å². The number of likely N-dealkylation sites (tertiary alicyclic amines) is 1. The number of alkyl halides is 3. The van der Waals surface area contributed by atoms with Gasteiger partial charge in [-0.3, -0.25) is 4.79 Å². The van der Waals surface area contributed by atoms with Gasteiger partial charge in [-0.25, -0.2) is 9.59 Å². The van der Waals surface area contributed by atoms with Crippen molar-refractivity contribution >= 4 is 18.0 Å². The highest BCUT2D eigenvalue weighted by atomic mass is 19.4. The molecule has 0 aromatic heterocycles. The average molecular weight is 538 g/mol. The Morgan fingerprint density at radius 1 is 1.00 bits per heavy atom. The van der Waals surface area contributed by atoms with Gasteiger partial charge >= 0.3 is 18.4 Å². The van der Waals surface area contributed by atoms with E-state index in [0.29, 0.717) is 12.2 Å². The van der Waals surface area contributed by atoms with Crippen LogP contribution in [0.25, 0.3) is 0 Å². The maximum Gasteiger partial charge on any atom is 0.573 e. The van der Waals surface area contributed by atoms with Gasteiger partial charge in [0.2, 0.25) is 0 Å². The van der Waals surface area contributed by atoms with Crippen LogP contribution in [0.1, 0.15) is 23.2 Å². The number of halogens is 3. The zero-order valence-corrected chi connectivity index (χ0v) is 20.3. The number of carbonyl (C=O) groups is 3. The number of aliphatic carboxylic acids is 1. The molecule has 2 aliphatic rings. The molecular weight excluding hydrogens is 513 g/mol. The largest absolute Gasteiger partial charge is 0.573 e. The Labute approximate surface area is 215 Å². The Morgan fingerprint density at radius 3 is 2.18 bits per heavy atom. The third-order valence-electron chi connectivity index (χ3n) is 6.38. The van der Waals surface area contributed by atoms with E-state index in [1.807, 2.05) is 0 Å². The van der Waals surface area contributed by atoms with Crippen LogP contribution in [0.5, 0.6) is 17.2 Å². The number of amides is 2. The molecule has 0 aliphatic carbocycles. The molecule has 38 heavy (non-hydrogen) atoms. The number of ether oxygens (including phenoxy) is 4. The van der Waals surface area contributed by atoms with Crippen LogP contribution in [0.4, 0.5) is 18.0 Å². The number of hydrogen-bond donors (Lipinski definition) is 1. The number of rotatable bonds is 8. The first-order valence-electron chi connectivity index (χ1n) is 11.6. The highest BCUT2D eigenvalue weighted by Crippen LogP contribution is 2.41. The van der Waals surface area contributed by atoms with Crippen molar-refractivity contribution in [1.82, 2.24) is 9.80 Å². The van der Waals surface area contributed by atoms with Crippen LogP contribution in [0.15, 0.2) is 48.5 Å². The summed E-state index contributed by atoms with van der Waals surface area (Å²) in [6.45, 7) is 0.168. The highest BCUT2D eigenvalue weighted by Gasteiger charge is 2.59. The average Bonchev–Trinajstić information content (AvgIpc) is 3.11. The quantitative estimate of drug-likeness (QED) is 0.504. The van der Waals surface area contributed by atoms with E-state index in [9.17, 15) is 32.7 Å². The van der Waals surface area contributed by atoms with Crippen LogP contribution in [-0.4, -0.2) is 84.2 Å². The van der Waals surface area contributed by atoms with E-state index in [4.69, 9.17) is 14.2 Å². The molecule has 204 valence electrons. The second-order valence-corrected chi connectivity index (χ2v) is 8.84. The lowest BCUT2D eigenvalue weighted by Gasteiger charge is -2.46. The van der Waals surface area contributed by atoms with Crippen molar-refractivity contribution in [2.75, 3.05) is 33.4 Å². The molecule has 0 spiro atoms. The first kappa shape index (κ1) is 27.0. The summed E-state index contributed by atoms with van der Waals surface area (Å²) in [5.41, 5.74) is -1.37. The molecule has 2 heterocycles. The van der Waals surface area contributed by atoms with Crippen LogP contribution in [-0.2, 0) is 14.3 Å². The first-order valence-corrected chi connectivity index (χ1v) is 11.6. The van der Waals surface area contributed by atoms with Crippen molar-refractivity contribution in [3.05, 3.63) is 54.1 Å². The Hall–Kier alpha value is -4.00. The SMILES string of the molecule is COCCOC(=O)N1CC2CCC(C(=O)O)(C1)N2C(=O)c1ccc(Oc2ccc(OC(F)(F)F)cc2)cc1. The maximum atomic E-state index is 13.4. The topological polar surface area (TPSA) is 115 Å². The minimum absolute atomic E-state index is 0.0269. The molecule has 0 radical (unpaired) electrons. The fourth-order valence-corrected chi connectivity index (χ4v) is 4.70. The third kappa shape index (κ3) is 5.77. The first-order chi connectivity index (χ1) is 18.0. The molecule has 2 saturated heterocycles. The number of carboxylic acids is 1. The van der Waals surface area contributed by atoms with Crippen LogP contribution >= 0.6 is 0 Å². The Balaban J connectivity index is 1.45. The van der Waals surface area contributed by atoms with E-state index in [1.54, 1.807) is 0 Å². The van der Waals surface area contributed by atoms with Gasteiger partial charge in [0.15, 0.2) is 5.54 Å². The van der Waals surface area contributed by atoms with Crippen molar-refractivity contribution in [2.45, 2.75) is 30.8 Å². The summed E-state index contributed by atoms with van der Waals surface area (Å²) >= 11 is 0. The van der Waals surface area contributed by atoms with Gasteiger partial charge in [-0.15, -0.1) is 13.2 Å². The van der Waals surface area contributed by atoms with Gasteiger partial charge in [0.1, 0.15) is 23.9 Å². The molecule has 10 nitrogen and oxygen atoms in total. The smallest absolute Gasteiger partial charge is 0.479 e. The lowest BCUT2D eigenvalue weighted by Crippen LogP contribution is -2.67. The fraction of sp³-hybridized carbons (Fsp3) is 0.400. The number of nitrogens with zero attached hydrogens (tertiary/aromatic N) is 2. The predicted molar refractivity (Wildman–Crippen MR) is 124 cm³/mol. The summed E-state index contributed by atoms with van der Waals surface area (Å²) in [5, 5.41) is 10.1. The molecule has 2 bridgehead atoms. The van der Waals surface area contributed by atoms with E-state index >= 15 is 0 Å². The van der Waals surface area contributed by atoms with E-state index in [-0.39, 0.29) is 44.0 Å². The van der Waals surface area contributed by atoms with Gasteiger partial charge in [0, 0.05) is 19.2 Å². The Kier molecular flexibility index (Phi) is 7.67. The molecule has 2 unspecified atom stereocenters. The summed E-state index contributed by atoms with van der Waals surface area (Å²) in [7, 11) is 1.46. The molecule has 13 heteroatoms. The lowest BCUT2D eigenvalue weighted by atomic mass is 9.94. The fourth-order valence-electron chi connectivity index (χ4n) is 4.70. The van der Waals surface area contributed by atoms with E-state index < -0.39 is 41.7 Å². The van der Waals surface area contributed by atoms with Crippen molar-refractivity contribution in [1.29, 1.82) is 0 Å². The summed E-state index contributed by atoms with van der Waals surface area (Å²) in [5.74, 6) is -1.54. The molecule has 2 aromatic carbocycles. The second-order valence-electron chi connectivity index (χ2n) is 8.84. The number of piperazine rings is 1. The summed E-state index contributed by atoms with van der Waals surface area (Å²) < 4.78 is 56.4. The van der Waals surface area contributed by atoms with E-state index in [1.165, 1.54) is 53.3 Å². The molecule has 2 fully saturated rings. The van der Waals surface area contributed by atoms with Gasteiger partial charge in [-0.05, 0) is 61.4 Å². The normalized spacial score (nSPS) is 20.7. The summed E-state index contributed by atoms with van der Waals surface area (Å²) in [6, 6.07) is 10.2. The number of hydrogen-bond acceptors (Lipinski definition) is 7. The summed E-state index contributed by atoms with van der Waals surface area (Å²) in [4.78, 5) is 40.9. The Bertz CT molecular complexity index is 1170. The molecule has 2 amide bonds. The highest BCUT2D eigenvalue weighted by molar-refractivity contribution is 5.99. The van der Waals surface area contributed by atoms with Crippen LogP contribution in [0, 0.1) is 0 Å². The van der Waals surface area contributed by atoms with Gasteiger partial charge in [-0.1, -0.05) is 0 Å². The van der Waals surface area contributed by atoms with E-state index in [0.717, 1.165) is 12.1 Å². The molecule has 0 saturated carbocycles. The van der Waals surface area contributed by atoms with Crippen molar-refractivity contribution in [2.24, 2.45) is 0 Å². The van der Waals surface area contributed by atoms with Crippen LogP contribution in [0.3, 0.4) is 0 Å². The Morgan fingerprint density at radius 2 is 1.61 bits per heavy atom. The van der Waals surface area contributed by atoms with Gasteiger partial charge in [-0.2, -0.15) is 0 Å². The minimum atomic E-state index is -4.80. The zero-order chi connectivity index (χ0) is 27.5. The lowest BCUT2D eigenvalue weighted by molar-refractivity contribution is -0.274. The van der Waals surface area contributed by atoms with Crippen LogP contribution < -0.4 is 9.47 Å². The van der Waals surface area contributed by atoms with E-state index in [2.05, 4.69) is 4.74 Å². The number of carbonyl (C=O) groups excluding carboxylic acids is 2. The zero-order valence-electron chi connectivity index (χ0n) is 20.3. The number of methoxy groups -OCH3 is 1. The number of benzene rings is 2. The monoisotopic (exact) mass is 538 g/mol. The standard InChI is InChI=1S/C25H25F3N2O8/c1-35-12-13-36-23(34)29-14-17-10-11-24(15-29,22(32)33)30(17)21(31)16-2-4-18(5-3-16)37-19-6-8-20(9-7-19)38-25(26,27)28/h2-9,17H,10-15H2,1H3,(H,32,33). The van der Waals surface area contributed by atoms with Crippen LogP contribution in [0.2, 0.25) is 0 Å². The maximum absolute atomic E-state index is 13.4. The van der Waals surface area contributed by atoms with Crippen molar-refractivity contribution < 1.29 is 51.6 Å². The summed E-state index contributed by atoms with van der Waals surface area (Å²) in [6.07, 6.45) is -4.86. The van der Waals surface area contributed by atoms with Gasteiger partial charge in [0.25, 0.3) is 5.91 Å². The number of fused-ring (bicyclic) bond motifs is 2. The molecule has 2 aliphatic heterocycles. The van der Waals surface area contributed by atoms with Crippen molar-refractivity contribution in [3.63, 3.8) is 0 Å². The second kappa shape index (κ2) is 10.8. The minimum Gasteiger partial charge on any atom is -0.479 e. The molecular formula is C25H25F3N2O8. The molecule has 4 rings (SSSR count). The molecule has 1 N–H and O–H groups in total. The third-order valence-corrected chi connectivity index (χ3v) is 6.38. The molecule has 2 atom stereocenters. The van der Waals surface area contributed by atoms with Gasteiger partial charge < -0.3 is 33.9 Å². The molecule has 2 aromatic rings. The van der Waals surface area contributed by atoms with Gasteiger partial charge in [0.05, 0.1) is 19.2 Å².